The minimum absolute atomic E-state index is 0. The maximum absolute atomic E-state index is 10.5. The Hall–Kier alpha value is 0.910. The Morgan fingerprint density at radius 3 is 1.14 bits per heavy atom. The molecule has 0 aliphatic carbocycles. The van der Waals surface area contributed by atoms with Gasteiger partial charge in [0.2, 0.25) is 0 Å². The second-order valence-electron chi connectivity index (χ2n) is 6.24. The van der Waals surface area contributed by atoms with Crippen molar-refractivity contribution in [2.75, 3.05) is 5.75 Å². The van der Waals surface area contributed by atoms with Crippen LogP contribution in [0.1, 0.15) is 103 Å². The predicted octanol–water partition coefficient (Wildman–Crippen LogP) is 5.10. The summed E-state index contributed by atoms with van der Waals surface area (Å²) >= 11 is 0. The van der Waals surface area contributed by atoms with Gasteiger partial charge in [-0.25, -0.2) is 0 Å². The van der Waals surface area contributed by atoms with Crippen molar-refractivity contribution in [1.82, 2.24) is 0 Å². The fourth-order valence-corrected chi connectivity index (χ4v) is 3.22. The van der Waals surface area contributed by atoms with Crippen LogP contribution in [0.3, 0.4) is 0 Å². The third-order valence-electron chi connectivity index (χ3n) is 4.01. The summed E-state index contributed by atoms with van der Waals surface area (Å²) in [6, 6.07) is 0. The Kier molecular flexibility index (Phi) is 20.9. The molecule has 0 unspecified atom stereocenters. The average molecular weight is 345 g/mol. The van der Waals surface area contributed by atoms with Crippen molar-refractivity contribution in [3.05, 3.63) is 0 Å². The summed E-state index contributed by atoms with van der Waals surface area (Å²) in [6.45, 7) is 2.26. The second kappa shape index (κ2) is 18.3. The van der Waals surface area contributed by atoms with Gasteiger partial charge in [-0.2, -0.15) is 8.42 Å². The fourth-order valence-electron chi connectivity index (χ4n) is 2.66. The van der Waals surface area contributed by atoms with E-state index in [2.05, 4.69) is 6.92 Å². The molecule has 0 fully saturated rings. The van der Waals surface area contributed by atoms with Crippen LogP contribution in [0.5, 0.6) is 0 Å². The molecule has 22 heavy (non-hydrogen) atoms. The van der Waals surface area contributed by atoms with Gasteiger partial charge in [0.25, 0.3) is 10.1 Å². The molecule has 0 bridgehead atoms. The summed E-state index contributed by atoms with van der Waals surface area (Å²) < 4.78 is 29.6. The quantitative estimate of drug-likeness (QED) is 0.241. The molecule has 130 valence electrons. The van der Waals surface area contributed by atoms with E-state index in [0.717, 1.165) is 12.8 Å². The molecule has 0 aliphatic rings. The first-order valence-electron chi connectivity index (χ1n) is 9.01. The molecule has 0 aromatic heterocycles. The van der Waals surface area contributed by atoms with Crippen molar-refractivity contribution < 1.29 is 13.0 Å². The van der Waals surface area contributed by atoms with Crippen molar-refractivity contribution in [1.29, 1.82) is 0 Å². The zero-order valence-corrected chi connectivity index (χ0v) is 14.8. The molecule has 0 saturated carbocycles. The van der Waals surface area contributed by atoms with E-state index in [-0.39, 0.29) is 35.3 Å². The maximum atomic E-state index is 10.5. The van der Waals surface area contributed by atoms with Gasteiger partial charge in [0, 0.05) is 0 Å². The molecule has 0 heterocycles. The van der Waals surface area contributed by atoms with Crippen LogP contribution in [0.15, 0.2) is 0 Å². The molecule has 0 aromatic carbocycles. The van der Waals surface area contributed by atoms with Crippen molar-refractivity contribution in [3.8, 4) is 0 Å². The first-order chi connectivity index (χ1) is 10.1. The summed E-state index contributed by atoms with van der Waals surface area (Å²) in [5.74, 6) is -0.0781. The van der Waals surface area contributed by atoms with Crippen molar-refractivity contribution >= 4 is 39.7 Å². The van der Waals surface area contributed by atoms with Crippen LogP contribution < -0.4 is 0 Å². The molecule has 0 rings (SSSR count). The van der Waals surface area contributed by atoms with Gasteiger partial charge >= 0.3 is 29.6 Å². The molecular weight excluding hydrogens is 307 g/mol. The van der Waals surface area contributed by atoms with E-state index < -0.39 is 10.1 Å². The van der Waals surface area contributed by atoms with Gasteiger partial charge in [0.05, 0.1) is 5.75 Å². The molecule has 0 aliphatic heterocycles. The first-order valence-corrected chi connectivity index (χ1v) is 10.6. The van der Waals surface area contributed by atoms with E-state index in [4.69, 9.17) is 4.55 Å². The Balaban J connectivity index is 0. The average Bonchev–Trinajstić information content (AvgIpc) is 2.42. The first kappa shape index (κ1) is 25.2. The minimum atomic E-state index is -3.74. The van der Waals surface area contributed by atoms with Crippen LogP contribution in [0.25, 0.3) is 0 Å². The van der Waals surface area contributed by atoms with E-state index in [0.29, 0.717) is 6.42 Å². The molecule has 0 radical (unpaired) electrons. The van der Waals surface area contributed by atoms with E-state index >= 15 is 0 Å². The molecule has 5 heteroatoms. The summed E-state index contributed by atoms with van der Waals surface area (Å²) in [5.41, 5.74) is 0. The summed E-state index contributed by atoms with van der Waals surface area (Å²) in [5, 5.41) is 0. The summed E-state index contributed by atoms with van der Waals surface area (Å²) in [4.78, 5) is 0. The van der Waals surface area contributed by atoms with E-state index in [1.54, 1.807) is 0 Å². The Labute approximate surface area is 161 Å². The van der Waals surface area contributed by atoms with Crippen molar-refractivity contribution in [2.24, 2.45) is 0 Å². The van der Waals surface area contributed by atoms with Crippen LogP contribution in [0.4, 0.5) is 0 Å². The number of hydrogen-bond acceptors (Lipinski definition) is 2. The third kappa shape index (κ3) is 23.2. The molecule has 0 saturated heterocycles. The number of unbranched alkanes of at least 4 members (excludes halogenated alkanes) is 14. The van der Waals surface area contributed by atoms with Gasteiger partial charge in [-0.05, 0) is 6.42 Å². The molecular formula is C17H37NaO3S. The normalized spacial score (nSPS) is 11.4. The van der Waals surface area contributed by atoms with Crippen LogP contribution in [-0.4, -0.2) is 48.3 Å². The fraction of sp³-hybridized carbons (Fsp3) is 1.00. The standard InChI is InChI=1S/C17H36O3S.Na.H/c1-2-3-4-5-6-7-8-9-10-11-12-13-14-15-16-17-21(18,19)20;;/h2-17H2,1H3,(H,18,19,20);;. The summed E-state index contributed by atoms with van der Waals surface area (Å²) in [7, 11) is -3.74. The zero-order valence-electron chi connectivity index (χ0n) is 14.0. The monoisotopic (exact) mass is 344 g/mol. The van der Waals surface area contributed by atoms with Gasteiger partial charge in [-0.15, -0.1) is 0 Å². The van der Waals surface area contributed by atoms with E-state index in [1.807, 2.05) is 0 Å². The second-order valence-corrected chi connectivity index (χ2v) is 7.81. The molecule has 0 amide bonds. The summed E-state index contributed by atoms with van der Waals surface area (Å²) in [6.07, 6.45) is 18.8. The Morgan fingerprint density at radius 2 is 0.864 bits per heavy atom. The number of rotatable bonds is 16. The van der Waals surface area contributed by atoms with E-state index in [9.17, 15) is 8.42 Å². The molecule has 0 atom stereocenters. The Bertz CT molecular complexity index is 305. The SMILES string of the molecule is CCCCCCCCCCCCCCCCCS(=O)(=O)O.[NaH]. The molecule has 3 nitrogen and oxygen atoms in total. The van der Waals surface area contributed by atoms with Gasteiger partial charge in [0.1, 0.15) is 0 Å². The van der Waals surface area contributed by atoms with Gasteiger partial charge < -0.3 is 0 Å². The topological polar surface area (TPSA) is 54.4 Å². The Morgan fingerprint density at radius 1 is 0.591 bits per heavy atom. The van der Waals surface area contributed by atoms with Gasteiger partial charge in [-0.3, -0.25) is 4.55 Å². The molecule has 0 spiro atoms. The van der Waals surface area contributed by atoms with Crippen LogP contribution in [0.2, 0.25) is 0 Å². The van der Waals surface area contributed by atoms with Crippen LogP contribution >= 0.6 is 0 Å². The molecule has 1 N–H and O–H groups in total. The van der Waals surface area contributed by atoms with E-state index in [1.165, 1.54) is 77.0 Å². The van der Waals surface area contributed by atoms with Gasteiger partial charge in [0.15, 0.2) is 0 Å². The van der Waals surface area contributed by atoms with Crippen molar-refractivity contribution in [2.45, 2.75) is 103 Å². The number of hydrogen-bond donors (Lipinski definition) is 1. The van der Waals surface area contributed by atoms with Crippen molar-refractivity contribution in [3.63, 3.8) is 0 Å². The van der Waals surface area contributed by atoms with Crippen LogP contribution in [0, 0.1) is 0 Å². The van der Waals surface area contributed by atoms with Gasteiger partial charge in [-0.1, -0.05) is 96.8 Å². The molecule has 0 aromatic rings. The third-order valence-corrected chi connectivity index (χ3v) is 4.81. The van der Waals surface area contributed by atoms with Crippen LogP contribution in [-0.2, 0) is 10.1 Å². The predicted molar refractivity (Wildman–Crippen MR) is 98.5 cm³/mol. The zero-order chi connectivity index (χ0) is 15.8.